The molecule has 0 saturated carbocycles. The molecule has 36 heavy (non-hydrogen) atoms. The highest BCUT2D eigenvalue weighted by Gasteiger charge is 2.21. The Morgan fingerprint density at radius 2 is 1.72 bits per heavy atom. The fourth-order valence-electron chi connectivity index (χ4n) is 3.29. The van der Waals surface area contributed by atoms with Crippen molar-refractivity contribution in [2.45, 2.75) is 29.6 Å². The van der Waals surface area contributed by atoms with Crippen LogP contribution in [0.2, 0.25) is 0 Å². The molecule has 0 saturated heterocycles. The molecule has 0 atom stereocenters. The molecule has 15 heteroatoms. The number of carbonyl (C=O) groups is 1. The largest absolute Gasteiger partial charge is 0.507 e. The van der Waals surface area contributed by atoms with Crippen molar-refractivity contribution in [2.75, 3.05) is 11.6 Å². The molecule has 12 nitrogen and oxygen atoms in total. The number of fused-ring (bicyclic) bond motifs is 1. The SMILES string of the molecule is CCCC(=O)Nc1cc(S(=O)(=O)Cl)cc2c(N=Nc3ccc([N+](=O)[O-])cc3S(C)(=O)=O)ccc(O)c12. The number of benzene rings is 3. The molecule has 0 radical (unpaired) electrons. The standard InChI is InChI=1S/C21H19ClN4O8S2/c1-3-4-20(28)23-17-11-13(36(22,33)34)10-14-15(7-8-18(27)21(14)17)24-25-16-6-5-12(26(29)30)9-19(16)35(2,31)32/h5-11,27H,3-4H2,1-2H3,(H,23,28). The van der Waals surface area contributed by atoms with Gasteiger partial charge in [0.2, 0.25) is 5.91 Å². The number of phenols is 1. The molecule has 0 aliphatic rings. The normalized spacial score (nSPS) is 12.2. The molecule has 3 aromatic rings. The summed E-state index contributed by atoms with van der Waals surface area (Å²) < 4.78 is 48.5. The summed E-state index contributed by atoms with van der Waals surface area (Å²) in [6, 6.07) is 7.73. The Morgan fingerprint density at radius 3 is 2.31 bits per heavy atom. The second-order valence-electron chi connectivity index (χ2n) is 7.61. The van der Waals surface area contributed by atoms with Gasteiger partial charge in [-0.3, -0.25) is 14.9 Å². The number of aromatic hydroxyl groups is 1. The summed E-state index contributed by atoms with van der Waals surface area (Å²) in [4.78, 5) is 21.7. The van der Waals surface area contributed by atoms with Crippen LogP contribution in [-0.2, 0) is 23.7 Å². The molecule has 0 unspecified atom stereocenters. The van der Waals surface area contributed by atoms with E-state index in [1.54, 1.807) is 6.92 Å². The van der Waals surface area contributed by atoms with E-state index in [1.165, 1.54) is 12.1 Å². The number of nitrogens with one attached hydrogen (secondary N) is 1. The van der Waals surface area contributed by atoms with E-state index >= 15 is 0 Å². The van der Waals surface area contributed by atoms with Crippen molar-refractivity contribution >= 4 is 69.0 Å². The molecule has 0 heterocycles. The average Bonchev–Trinajstić information content (AvgIpc) is 2.77. The number of rotatable bonds is 8. The van der Waals surface area contributed by atoms with Crippen LogP contribution in [0.25, 0.3) is 10.8 Å². The highest BCUT2D eigenvalue weighted by molar-refractivity contribution is 8.13. The van der Waals surface area contributed by atoms with E-state index < -0.39 is 45.2 Å². The zero-order valence-electron chi connectivity index (χ0n) is 18.8. The molecule has 3 rings (SSSR count). The number of non-ortho nitro benzene ring substituents is 1. The number of anilines is 1. The second kappa shape index (κ2) is 10.2. The van der Waals surface area contributed by atoms with Gasteiger partial charge in [0.25, 0.3) is 14.7 Å². The molecule has 190 valence electrons. The fourth-order valence-corrected chi connectivity index (χ4v) is 4.90. The Kier molecular flexibility index (Phi) is 7.62. The van der Waals surface area contributed by atoms with Gasteiger partial charge in [-0.1, -0.05) is 6.92 Å². The first kappa shape index (κ1) is 27.0. The van der Waals surface area contributed by atoms with E-state index in [1.807, 2.05) is 0 Å². The number of nitro benzene ring substituents is 1. The average molecular weight is 555 g/mol. The number of azo groups is 1. The van der Waals surface area contributed by atoms with Crippen molar-refractivity contribution in [3.8, 4) is 5.75 Å². The maximum atomic E-state index is 12.2. The number of amides is 1. The Morgan fingerprint density at radius 1 is 1.08 bits per heavy atom. The molecular formula is C21H19ClN4O8S2. The van der Waals surface area contributed by atoms with Gasteiger partial charge in [0.1, 0.15) is 16.3 Å². The highest BCUT2D eigenvalue weighted by Crippen LogP contribution is 2.41. The smallest absolute Gasteiger partial charge is 0.270 e. The van der Waals surface area contributed by atoms with E-state index in [4.69, 9.17) is 10.7 Å². The Hall–Kier alpha value is -3.62. The molecular weight excluding hydrogens is 536 g/mol. The van der Waals surface area contributed by atoms with Gasteiger partial charge in [-0.15, -0.1) is 10.2 Å². The van der Waals surface area contributed by atoms with E-state index in [0.717, 1.165) is 36.6 Å². The van der Waals surface area contributed by atoms with Crippen molar-refractivity contribution in [3.63, 3.8) is 0 Å². The number of nitrogens with zero attached hydrogens (tertiary/aromatic N) is 3. The number of hydrogen-bond acceptors (Lipinski definition) is 10. The molecule has 0 aliphatic carbocycles. The molecule has 0 bridgehead atoms. The van der Waals surface area contributed by atoms with Gasteiger partial charge in [-0.2, -0.15) is 0 Å². The van der Waals surface area contributed by atoms with Gasteiger partial charge >= 0.3 is 0 Å². The molecule has 3 aromatic carbocycles. The van der Waals surface area contributed by atoms with Gasteiger partial charge in [-0.25, -0.2) is 16.8 Å². The zero-order chi connectivity index (χ0) is 26.8. The highest BCUT2D eigenvalue weighted by atomic mass is 35.7. The molecule has 0 aliphatic heterocycles. The molecule has 0 spiro atoms. The van der Waals surface area contributed by atoms with Crippen LogP contribution in [0.5, 0.6) is 5.75 Å². The molecule has 1 amide bonds. The molecule has 2 N–H and O–H groups in total. The van der Waals surface area contributed by atoms with Crippen LogP contribution >= 0.6 is 10.7 Å². The quantitative estimate of drug-likeness (QED) is 0.169. The third-order valence-electron chi connectivity index (χ3n) is 4.89. The van der Waals surface area contributed by atoms with Crippen LogP contribution < -0.4 is 5.32 Å². The van der Waals surface area contributed by atoms with Crippen LogP contribution in [-0.4, -0.2) is 39.0 Å². The minimum atomic E-state index is -4.28. The van der Waals surface area contributed by atoms with E-state index in [-0.39, 0.29) is 40.0 Å². The molecule has 0 aromatic heterocycles. The summed E-state index contributed by atoms with van der Waals surface area (Å²) in [5.41, 5.74) is -0.712. The molecule has 0 fully saturated rings. The number of halogens is 1. The first-order valence-corrected chi connectivity index (χ1v) is 14.4. The zero-order valence-corrected chi connectivity index (χ0v) is 21.2. The lowest BCUT2D eigenvalue weighted by Gasteiger charge is -2.13. The lowest BCUT2D eigenvalue weighted by atomic mass is 10.1. The third-order valence-corrected chi connectivity index (χ3v) is 7.35. The summed E-state index contributed by atoms with van der Waals surface area (Å²) in [5.74, 6) is -0.737. The van der Waals surface area contributed by atoms with Crippen molar-refractivity contribution in [2.24, 2.45) is 10.2 Å². The number of carbonyl (C=O) groups excluding carboxylic acids is 1. The summed E-state index contributed by atoms with van der Waals surface area (Å²) in [7, 11) is -2.69. The van der Waals surface area contributed by atoms with Crippen molar-refractivity contribution < 1.29 is 31.7 Å². The van der Waals surface area contributed by atoms with E-state index in [0.29, 0.717) is 6.42 Å². The van der Waals surface area contributed by atoms with Gasteiger partial charge in [0.15, 0.2) is 9.84 Å². The predicted molar refractivity (Wildman–Crippen MR) is 133 cm³/mol. The number of hydrogen-bond donors (Lipinski definition) is 2. The van der Waals surface area contributed by atoms with Crippen LogP contribution in [0.3, 0.4) is 0 Å². The van der Waals surface area contributed by atoms with Gasteiger partial charge in [-0.05, 0) is 36.8 Å². The first-order chi connectivity index (χ1) is 16.7. The fraction of sp³-hybridized carbons (Fsp3) is 0.190. The maximum absolute atomic E-state index is 12.2. The minimum Gasteiger partial charge on any atom is -0.507 e. The third kappa shape index (κ3) is 5.95. The van der Waals surface area contributed by atoms with Crippen LogP contribution in [0.4, 0.5) is 22.7 Å². The lowest BCUT2D eigenvalue weighted by molar-refractivity contribution is -0.385. The summed E-state index contributed by atoms with van der Waals surface area (Å²) in [6.45, 7) is 1.77. The van der Waals surface area contributed by atoms with Gasteiger partial charge < -0.3 is 10.4 Å². The summed E-state index contributed by atoms with van der Waals surface area (Å²) >= 11 is 0. The minimum absolute atomic E-state index is 0.00578. The lowest BCUT2D eigenvalue weighted by Crippen LogP contribution is -2.11. The second-order valence-corrected chi connectivity index (χ2v) is 12.2. The van der Waals surface area contributed by atoms with Crippen LogP contribution in [0.15, 0.2) is 62.5 Å². The Labute approximate surface area is 210 Å². The van der Waals surface area contributed by atoms with Crippen molar-refractivity contribution in [1.29, 1.82) is 0 Å². The maximum Gasteiger partial charge on any atom is 0.270 e. The predicted octanol–water partition coefficient (Wildman–Crippen LogP) is 4.94. The number of sulfone groups is 1. The van der Waals surface area contributed by atoms with E-state index in [9.17, 15) is 36.9 Å². The summed E-state index contributed by atoms with van der Waals surface area (Å²) in [5, 5.41) is 32.1. The Balaban J connectivity index is 2.26. The van der Waals surface area contributed by atoms with Crippen molar-refractivity contribution in [1.82, 2.24) is 0 Å². The first-order valence-electron chi connectivity index (χ1n) is 10.2. The monoisotopic (exact) mass is 554 g/mol. The summed E-state index contributed by atoms with van der Waals surface area (Å²) in [6.07, 6.45) is 1.50. The topological polar surface area (TPSA) is 185 Å². The van der Waals surface area contributed by atoms with Crippen molar-refractivity contribution in [3.05, 3.63) is 52.6 Å². The van der Waals surface area contributed by atoms with Crippen LogP contribution in [0.1, 0.15) is 19.8 Å². The van der Waals surface area contributed by atoms with Gasteiger partial charge in [0.05, 0.1) is 21.2 Å². The Bertz CT molecular complexity index is 1640. The van der Waals surface area contributed by atoms with Crippen LogP contribution in [0, 0.1) is 10.1 Å². The van der Waals surface area contributed by atoms with Gasteiger partial charge in [0, 0.05) is 46.3 Å². The number of phenolic OH excluding ortho intramolecular Hbond substituents is 1. The number of nitro groups is 1. The van der Waals surface area contributed by atoms with E-state index in [2.05, 4.69) is 15.5 Å².